The van der Waals surface area contributed by atoms with Crippen molar-refractivity contribution >= 4 is 14.7 Å². The van der Waals surface area contributed by atoms with Crippen LogP contribution in [0.25, 0.3) is 0 Å². The number of benzene rings is 2. The van der Waals surface area contributed by atoms with Crippen molar-refractivity contribution in [1.82, 2.24) is 0 Å². The lowest BCUT2D eigenvalue weighted by Crippen LogP contribution is -2.24. The standard InChI is InChI=1S/C18H22O2Si/c1-11-7-6-8-17(13(11)3)21-10-20-16-9-12(2)18(19)15(5)14(16)4/h6-9,19H,10H2,1-5H3. The zero-order chi connectivity index (χ0) is 15.6. The number of ether oxygens (including phenoxy) is 1. The molecular formula is C18H22O2Si. The highest BCUT2D eigenvalue weighted by Crippen LogP contribution is 2.31. The summed E-state index contributed by atoms with van der Waals surface area (Å²) >= 11 is 0. The van der Waals surface area contributed by atoms with Crippen LogP contribution in [0.3, 0.4) is 0 Å². The van der Waals surface area contributed by atoms with Gasteiger partial charge in [-0.2, -0.15) is 0 Å². The van der Waals surface area contributed by atoms with Crippen molar-refractivity contribution in [3.05, 3.63) is 52.1 Å². The summed E-state index contributed by atoms with van der Waals surface area (Å²) in [4.78, 5) is 0. The first-order chi connectivity index (χ1) is 9.91. The van der Waals surface area contributed by atoms with Gasteiger partial charge in [0.25, 0.3) is 0 Å². The van der Waals surface area contributed by atoms with Gasteiger partial charge in [0.2, 0.25) is 0 Å². The molecule has 0 unspecified atom stereocenters. The lowest BCUT2D eigenvalue weighted by Gasteiger charge is -2.14. The van der Waals surface area contributed by atoms with E-state index in [4.69, 9.17) is 4.74 Å². The second-order valence-electron chi connectivity index (χ2n) is 5.50. The first-order valence-electron chi connectivity index (χ1n) is 7.14. The van der Waals surface area contributed by atoms with Gasteiger partial charge in [0.05, 0.1) is 6.23 Å². The molecule has 0 bridgehead atoms. The highest BCUT2D eigenvalue weighted by Gasteiger charge is 2.10. The fraction of sp³-hybridized carbons (Fsp3) is 0.333. The van der Waals surface area contributed by atoms with Crippen molar-refractivity contribution in [1.29, 1.82) is 0 Å². The minimum Gasteiger partial charge on any atom is -0.507 e. The van der Waals surface area contributed by atoms with Crippen LogP contribution in [-0.4, -0.2) is 20.9 Å². The molecule has 0 aliphatic carbocycles. The Balaban J connectivity index is 2.09. The maximum atomic E-state index is 9.93. The van der Waals surface area contributed by atoms with Crippen LogP contribution >= 0.6 is 0 Å². The second-order valence-corrected chi connectivity index (χ2v) is 6.68. The van der Waals surface area contributed by atoms with E-state index in [0.717, 1.165) is 22.4 Å². The van der Waals surface area contributed by atoms with Crippen LogP contribution < -0.4 is 9.92 Å². The molecule has 0 amide bonds. The molecule has 0 aliphatic rings. The van der Waals surface area contributed by atoms with Gasteiger partial charge in [-0.05, 0) is 68.5 Å². The van der Waals surface area contributed by atoms with Crippen molar-refractivity contribution < 1.29 is 9.84 Å². The Morgan fingerprint density at radius 3 is 2.38 bits per heavy atom. The Bertz CT molecular complexity index is 663. The third-order valence-electron chi connectivity index (χ3n) is 4.10. The minimum absolute atomic E-state index is 0.372. The number of hydrogen-bond acceptors (Lipinski definition) is 2. The molecule has 0 atom stereocenters. The van der Waals surface area contributed by atoms with E-state index in [1.807, 2.05) is 26.8 Å². The van der Waals surface area contributed by atoms with Crippen LogP contribution in [-0.2, 0) is 0 Å². The third kappa shape index (κ3) is 3.30. The molecule has 0 aromatic heterocycles. The molecule has 0 heterocycles. The summed E-state index contributed by atoms with van der Waals surface area (Å²) in [6, 6.07) is 8.33. The maximum Gasteiger partial charge on any atom is 0.131 e. The van der Waals surface area contributed by atoms with Crippen LogP contribution in [0.2, 0.25) is 0 Å². The molecule has 0 spiro atoms. The van der Waals surface area contributed by atoms with E-state index in [2.05, 4.69) is 32.0 Å². The molecule has 2 aromatic carbocycles. The van der Waals surface area contributed by atoms with Gasteiger partial charge in [-0.1, -0.05) is 23.4 Å². The van der Waals surface area contributed by atoms with Gasteiger partial charge < -0.3 is 9.84 Å². The number of aryl methyl sites for hydroxylation is 2. The van der Waals surface area contributed by atoms with Crippen LogP contribution in [0.15, 0.2) is 24.3 Å². The molecule has 0 fully saturated rings. The zero-order valence-electron chi connectivity index (χ0n) is 13.4. The fourth-order valence-corrected chi connectivity index (χ4v) is 3.38. The van der Waals surface area contributed by atoms with Crippen LogP contribution in [0.1, 0.15) is 27.8 Å². The molecule has 0 saturated carbocycles. The molecule has 110 valence electrons. The molecule has 21 heavy (non-hydrogen) atoms. The first-order valence-corrected chi connectivity index (χ1v) is 8.35. The summed E-state index contributed by atoms with van der Waals surface area (Å²) in [7, 11) is 0.628. The molecule has 1 N–H and O–H groups in total. The van der Waals surface area contributed by atoms with E-state index in [1.165, 1.54) is 16.3 Å². The van der Waals surface area contributed by atoms with E-state index in [1.54, 1.807) is 0 Å². The van der Waals surface area contributed by atoms with E-state index in [-0.39, 0.29) is 0 Å². The van der Waals surface area contributed by atoms with E-state index >= 15 is 0 Å². The lowest BCUT2D eigenvalue weighted by molar-refractivity contribution is 0.380. The van der Waals surface area contributed by atoms with Crippen molar-refractivity contribution in [3.63, 3.8) is 0 Å². The first kappa shape index (κ1) is 15.6. The smallest absolute Gasteiger partial charge is 0.131 e. The molecule has 2 nitrogen and oxygen atoms in total. The van der Waals surface area contributed by atoms with E-state index < -0.39 is 0 Å². The highest BCUT2D eigenvalue weighted by molar-refractivity contribution is 6.54. The third-order valence-corrected chi connectivity index (χ3v) is 5.31. The summed E-state index contributed by atoms with van der Waals surface area (Å²) in [6.07, 6.45) is 0.675. The number of phenols is 1. The number of rotatable bonds is 4. The zero-order valence-corrected chi connectivity index (χ0v) is 14.4. The van der Waals surface area contributed by atoms with Gasteiger partial charge in [0.15, 0.2) is 0 Å². The van der Waals surface area contributed by atoms with Crippen molar-refractivity contribution in [2.45, 2.75) is 34.6 Å². The Kier molecular flexibility index (Phi) is 4.73. The quantitative estimate of drug-likeness (QED) is 0.878. The monoisotopic (exact) mass is 298 g/mol. The molecule has 0 saturated heterocycles. The van der Waals surface area contributed by atoms with Crippen molar-refractivity contribution in [2.75, 3.05) is 6.23 Å². The molecule has 2 aromatic rings. The molecule has 2 rings (SSSR count). The van der Waals surface area contributed by atoms with Gasteiger partial charge in [-0.25, -0.2) is 0 Å². The summed E-state index contributed by atoms with van der Waals surface area (Å²) in [6.45, 7) is 10.1. The Hall–Kier alpha value is -1.74. The summed E-state index contributed by atoms with van der Waals surface area (Å²) in [5, 5.41) is 11.3. The summed E-state index contributed by atoms with van der Waals surface area (Å²) < 4.78 is 5.95. The van der Waals surface area contributed by atoms with E-state index in [9.17, 15) is 5.11 Å². The average Bonchev–Trinajstić information content (AvgIpc) is 2.46. The van der Waals surface area contributed by atoms with Gasteiger partial charge in [0, 0.05) is 0 Å². The lowest BCUT2D eigenvalue weighted by atomic mass is 10.0. The highest BCUT2D eigenvalue weighted by atomic mass is 28.2. The van der Waals surface area contributed by atoms with Gasteiger partial charge >= 0.3 is 0 Å². The van der Waals surface area contributed by atoms with Crippen LogP contribution in [0, 0.1) is 34.6 Å². The second kappa shape index (κ2) is 6.35. The van der Waals surface area contributed by atoms with Crippen LogP contribution in [0.5, 0.6) is 11.5 Å². The van der Waals surface area contributed by atoms with Gasteiger partial charge in [-0.15, -0.1) is 0 Å². The van der Waals surface area contributed by atoms with E-state index in [0.29, 0.717) is 21.5 Å². The van der Waals surface area contributed by atoms with Gasteiger partial charge in [0.1, 0.15) is 21.0 Å². The Morgan fingerprint density at radius 2 is 1.67 bits per heavy atom. The predicted octanol–water partition coefficient (Wildman–Crippen LogP) is 3.30. The number of hydrogen-bond donors (Lipinski definition) is 1. The molecule has 0 aliphatic heterocycles. The van der Waals surface area contributed by atoms with Gasteiger partial charge in [-0.3, -0.25) is 0 Å². The summed E-state index contributed by atoms with van der Waals surface area (Å²) in [5.74, 6) is 1.25. The Labute approximate surface area is 129 Å². The number of phenolic OH excluding ortho intramolecular Hbond substituents is 1. The molecule has 2 radical (unpaired) electrons. The fourth-order valence-electron chi connectivity index (χ4n) is 2.32. The molecule has 3 heteroatoms. The van der Waals surface area contributed by atoms with Crippen molar-refractivity contribution in [2.24, 2.45) is 0 Å². The Morgan fingerprint density at radius 1 is 0.952 bits per heavy atom. The largest absolute Gasteiger partial charge is 0.507 e. The predicted molar refractivity (Wildman–Crippen MR) is 89.1 cm³/mol. The summed E-state index contributed by atoms with van der Waals surface area (Å²) in [5.41, 5.74) is 5.47. The minimum atomic E-state index is 0.372. The average molecular weight is 298 g/mol. The SMILES string of the molecule is Cc1cccc([Si]COc2cc(C)c(O)c(C)c2C)c1C. The normalized spacial score (nSPS) is 10.7. The van der Waals surface area contributed by atoms with Crippen molar-refractivity contribution in [3.8, 4) is 11.5 Å². The molecular weight excluding hydrogens is 276 g/mol. The maximum absolute atomic E-state index is 9.93. The number of aromatic hydroxyl groups is 1. The van der Waals surface area contributed by atoms with Crippen LogP contribution in [0.4, 0.5) is 0 Å². The topological polar surface area (TPSA) is 29.5 Å².